The van der Waals surface area contributed by atoms with Gasteiger partial charge in [-0.1, -0.05) is 35.9 Å². The van der Waals surface area contributed by atoms with Crippen molar-refractivity contribution in [2.24, 2.45) is 11.8 Å². The Morgan fingerprint density at radius 2 is 1.84 bits per heavy atom. The molecule has 0 saturated carbocycles. The second-order valence-electron chi connectivity index (χ2n) is 9.98. The van der Waals surface area contributed by atoms with Crippen LogP contribution in [-0.2, 0) is 26.3 Å². The number of carbonyl (C=O) groups excluding carboxylic acids is 3. The van der Waals surface area contributed by atoms with Crippen LogP contribution in [0.4, 0.5) is 11.4 Å². The second-order valence-corrected chi connectivity index (χ2v) is 10.4. The summed E-state index contributed by atoms with van der Waals surface area (Å²) in [5, 5.41) is 7.88. The largest absolute Gasteiger partial charge is 0.497 e. The summed E-state index contributed by atoms with van der Waals surface area (Å²) < 4.78 is 5.34. The van der Waals surface area contributed by atoms with Gasteiger partial charge in [0.05, 0.1) is 24.6 Å². The molecule has 2 saturated heterocycles. The molecule has 8 nitrogen and oxygen atoms in total. The number of carbonyl (C=O) groups is 3. The van der Waals surface area contributed by atoms with E-state index in [1.165, 1.54) is 12.0 Å². The van der Waals surface area contributed by atoms with Gasteiger partial charge in [0.1, 0.15) is 11.3 Å². The number of aromatic nitrogens is 1. The lowest BCUT2D eigenvalue weighted by atomic mass is 9.76. The van der Waals surface area contributed by atoms with E-state index in [1.807, 2.05) is 30.5 Å². The highest BCUT2D eigenvalue weighted by Crippen LogP contribution is 2.54. The summed E-state index contributed by atoms with van der Waals surface area (Å²) in [6.07, 6.45) is 2.37. The topological polar surface area (TPSA) is 104 Å². The maximum absolute atomic E-state index is 14.2. The minimum atomic E-state index is -1.43. The van der Waals surface area contributed by atoms with Gasteiger partial charge < -0.3 is 15.0 Å². The molecule has 4 heterocycles. The van der Waals surface area contributed by atoms with Crippen molar-refractivity contribution < 1.29 is 19.1 Å². The van der Waals surface area contributed by atoms with Crippen LogP contribution in [0.5, 0.6) is 5.75 Å². The molecule has 2 fully saturated rings. The highest BCUT2D eigenvalue weighted by atomic mass is 35.5. The van der Waals surface area contributed by atoms with Gasteiger partial charge in [0, 0.05) is 45.5 Å². The molecule has 4 aromatic rings. The van der Waals surface area contributed by atoms with E-state index in [-0.39, 0.29) is 11.8 Å². The molecule has 1 spiro atoms. The summed E-state index contributed by atoms with van der Waals surface area (Å²) in [6.45, 7) is 0. The van der Waals surface area contributed by atoms with Crippen LogP contribution in [0.25, 0.3) is 10.9 Å². The number of ether oxygens (including phenoxy) is 1. The van der Waals surface area contributed by atoms with Crippen LogP contribution in [0.15, 0.2) is 72.9 Å². The lowest BCUT2D eigenvalue weighted by molar-refractivity contribution is -0.130. The van der Waals surface area contributed by atoms with Gasteiger partial charge in [0.15, 0.2) is 0 Å². The molecule has 3 N–H and O–H groups in total. The highest BCUT2D eigenvalue weighted by molar-refractivity contribution is 6.31. The van der Waals surface area contributed by atoms with Crippen molar-refractivity contribution in [3.05, 3.63) is 89.1 Å². The number of nitrogens with one attached hydrogen (secondary N) is 3. The van der Waals surface area contributed by atoms with Crippen LogP contribution >= 0.6 is 11.6 Å². The molecule has 3 aliphatic rings. The fourth-order valence-electron chi connectivity index (χ4n) is 6.49. The predicted molar refractivity (Wildman–Crippen MR) is 143 cm³/mol. The maximum atomic E-state index is 14.2. The van der Waals surface area contributed by atoms with Gasteiger partial charge in [-0.25, -0.2) is 4.90 Å². The number of para-hydroxylation sites is 1. The van der Waals surface area contributed by atoms with E-state index >= 15 is 0 Å². The summed E-state index contributed by atoms with van der Waals surface area (Å²) in [5.74, 6) is -2.32. The van der Waals surface area contributed by atoms with Crippen molar-refractivity contribution in [1.29, 1.82) is 0 Å². The molecule has 3 amide bonds. The van der Waals surface area contributed by atoms with E-state index in [9.17, 15) is 14.4 Å². The van der Waals surface area contributed by atoms with Crippen LogP contribution in [0.2, 0.25) is 5.02 Å². The van der Waals surface area contributed by atoms with E-state index in [2.05, 4.69) is 15.6 Å². The predicted octanol–water partition coefficient (Wildman–Crippen LogP) is 4.00. The lowest BCUT2D eigenvalue weighted by Gasteiger charge is -2.29. The number of fused-ring (bicyclic) bond motifs is 5. The number of hydrogen-bond donors (Lipinski definition) is 3. The quantitative estimate of drug-likeness (QED) is 0.349. The second kappa shape index (κ2) is 8.18. The zero-order chi connectivity index (χ0) is 26.2. The zero-order valence-corrected chi connectivity index (χ0v) is 21.1. The van der Waals surface area contributed by atoms with Crippen LogP contribution in [0.3, 0.4) is 0 Å². The van der Waals surface area contributed by atoms with Gasteiger partial charge in [-0.3, -0.25) is 19.7 Å². The first-order chi connectivity index (χ1) is 18.4. The molecule has 1 aromatic heterocycles. The van der Waals surface area contributed by atoms with Crippen molar-refractivity contribution >= 4 is 51.6 Å². The first kappa shape index (κ1) is 23.0. The fourth-order valence-corrected chi connectivity index (χ4v) is 6.66. The maximum Gasteiger partial charge on any atom is 0.250 e. The average molecular weight is 527 g/mol. The number of nitrogens with zero attached hydrogens (tertiary/aromatic N) is 1. The number of methoxy groups -OCH3 is 1. The normalized spacial score (nSPS) is 25.8. The Hall–Kier alpha value is -4.14. The first-order valence-corrected chi connectivity index (χ1v) is 12.8. The first-order valence-electron chi connectivity index (χ1n) is 12.4. The van der Waals surface area contributed by atoms with E-state index < -0.39 is 29.3 Å². The highest BCUT2D eigenvalue weighted by Gasteiger charge is 2.70. The van der Waals surface area contributed by atoms with Gasteiger partial charge in [-0.15, -0.1) is 0 Å². The summed E-state index contributed by atoms with van der Waals surface area (Å²) in [6, 6.07) is 19.4. The molecule has 38 heavy (non-hydrogen) atoms. The SMILES string of the molecule is COc1cccc(N2C(=O)[C@@H]3[C@H](Cc4c[nH]c5ccccc45)N[C@]4(C(=O)Nc5ccc(Cl)cc54)[C@@H]3C2=O)c1. The number of rotatable bonds is 4. The zero-order valence-electron chi connectivity index (χ0n) is 20.3. The lowest BCUT2D eigenvalue weighted by Crippen LogP contribution is -2.53. The van der Waals surface area contributed by atoms with Gasteiger partial charge in [-0.2, -0.15) is 0 Å². The van der Waals surface area contributed by atoms with Crippen LogP contribution in [0.1, 0.15) is 11.1 Å². The Labute approximate surface area is 222 Å². The molecule has 190 valence electrons. The molecule has 0 bridgehead atoms. The fraction of sp³-hybridized carbons (Fsp3) is 0.207. The third-order valence-corrected chi connectivity index (χ3v) is 8.34. The van der Waals surface area contributed by atoms with Crippen molar-refractivity contribution in [3.8, 4) is 5.75 Å². The Balaban J connectivity index is 1.38. The Kier molecular flexibility index (Phi) is 4.95. The molecule has 3 aromatic carbocycles. The number of benzene rings is 3. The van der Waals surface area contributed by atoms with Gasteiger partial charge in [0.2, 0.25) is 17.7 Å². The monoisotopic (exact) mass is 526 g/mol. The number of aromatic amines is 1. The van der Waals surface area contributed by atoms with Crippen molar-refractivity contribution in [2.75, 3.05) is 17.3 Å². The third-order valence-electron chi connectivity index (χ3n) is 8.10. The minimum absolute atomic E-state index is 0.342. The summed E-state index contributed by atoms with van der Waals surface area (Å²) >= 11 is 6.37. The van der Waals surface area contributed by atoms with E-state index in [0.717, 1.165) is 16.5 Å². The molecule has 0 aliphatic carbocycles. The van der Waals surface area contributed by atoms with E-state index in [0.29, 0.717) is 34.1 Å². The Morgan fingerprint density at radius 1 is 1.00 bits per heavy atom. The molecule has 4 atom stereocenters. The number of halogens is 1. The molecule has 0 unspecified atom stereocenters. The number of imide groups is 1. The smallest absolute Gasteiger partial charge is 0.250 e. The third kappa shape index (κ3) is 3.04. The number of anilines is 2. The van der Waals surface area contributed by atoms with E-state index in [1.54, 1.807) is 42.5 Å². The molecule has 7 rings (SSSR count). The van der Waals surface area contributed by atoms with Crippen molar-refractivity contribution in [1.82, 2.24) is 10.3 Å². The van der Waals surface area contributed by atoms with Gasteiger partial charge >= 0.3 is 0 Å². The van der Waals surface area contributed by atoms with Gasteiger partial charge in [0.25, 0.3) is 0 Å². The minimum Gasteiger partial charge on any atom is -0.497 e. The number of amides is 3. The Morgan fingerprint density at radius 3 is 2.68 bits per heavy atom. The standard InChI is InChI=1S/C29H23ClN4O4/c1-38-18-6-4-5-17(13-18)34-26(35)24-23(11-15-14-31-21-8-3-2-7-19(15)21)33-29(25(24)27(34)36)20-12-16(30)9-10-22(20)32-28(29)37/h2-10,12-14,23-25,31,33H,11H2,1H3,(H,32,37)/t23-,24+,25-,29-/m0/s1. The van der Waals surface area contributed by atoms with Crippen LogP contribution in [-0.4, -0.2) is 35.9 Å². The summed E-state index contributed by atoms with van der Waals surface area (Å²) in [7, 11) is 1.53. The number of hydrogen-bond acceptors (Lipinski definition) is 5. The van der Waals surface area contributed by atoms with E-state index in [4.69, 9.17) is 16.3 Å². The van der Waals surface area contributed by atoms with Gasteiger partial charge in [-0.05, 0) is 48.4 Å². The summed E-state index contributed by atoms with van der Waals surface area (Å²) in [4.78, 5) is 46.5. The molecule has 9 heteroatoms. The van der Waals surface area contributed by atoms with Crippen LogP contribution in [0, 0.1) is 11.8 Å². The Bertz CT molecular complexity index is 1670. The molecule has 3 aliphatic heterocycles. The van der Waals surface area contributed by atoms with Crippen molar-refractivity contribution in [2.45, 2.75) is 18.0 Å². The molecular weight excluding hydrogens is 504 g/mol. The van der Waals surface area contributed by atoms with Crippen molar-refractivity contribution in [3.63, 3.8) is 0 Å². The number of H-pyrrole nitrogens is 1. The average Bonchev–Trinajstić information content (AvgIpc) is 3.63. The molecular formula is C29H23ClN4O4. The molecule has 0 radical (unpaired) electrons. The van der Waals surface area contributed by atoms with Crippen LogP contribution < -0.4 is 20.3 Å². The summed E-state index contributed by atoms with van der Waals surface area (Å²) in [5.41, 5.74) is 2.13.